The molecule has 0 unspecified atom stereocenters. The van der Waals surface area contributed by atoms with Crippen molar-refractivity contribution in [3.8, 4) is 0 Å². The van der Waals surface area contributed by atoms with Gasteiger partial charge in [0.15, 0.2) is 0 Å². The van der Waals surface area contributed by atoms with Gasteiger partial charge in [-0.25, -0.2) is 0 Å². The van der Waals surface area contributed by atoms with Crippen molar-refractivity contribution in [2.75, 3.05) is 10.2 Å². The van der Waals surface area contributed by atoms with Crippen molar-refractivity contribution >= 4 is 39.9 Å². The lowest BCUT2D eigenvalue weighted by Gasteiger charge is -2.17. The van der Waals surface area contributed by atoms with E-state index >= 15 is 0 Å². The smallest absolute Gasteiger partial charge is 0.255 e. The third-order valence-corrected chi connectivity index (χ3v) is 6.90. The van der Waals surface area contributed by atoms with E-state index in [2.05, 4.69) is 17.5 Å². The maximum atomic E-state index is 13.0. The number of hydrogen-bond donors (Lipinski definition) is 1. The maximum Gasteiger partial charge on any atom is 0.255 e. The van der Waals surface area contributed by atoms with Crippen molar-refractivity contribution in [1.29, 1.82) is 0 Å². The number of hydrogen-bond acceptors (Lipinski definition) is 3. The molecular formula is C26H20N2O3. The Balaban J connectivity index is 1.24. The lowest BCUT2D eigenvalue weighted by molar-refractivity contribution is -0.123. The first-order valence-corrected chi connectivity index (χ1v) is 10.6. The van der Waals surface area contributed by atoms with Crippen molar-refractivity contribution in [2.45, 2.75) is 6.42 Å². The van der Waals surface area contributed by atoms with Crippen molar-refractivity contribution in [2.24, 2.45) is 23.7 Å². The summed E-state index contributed by atoms with van der Waals surface area (Å²) in [6.07, 6.45) is 5.08. The Morgan fingerprint density at radius 1 is 0.806 bits per heavy atom. The molecule has 4 atom stereocenters. The largest absolute Gasteiger partial charge is 0.321 e. The SMILES string of the molecule is O=C(Nc1cccc2ccccc12)c1ccc(N2C(=O)[C@H]3[C@H](C2=O)[C@H]2C=C[C@H]3C2)cc1. The molecule has 1 N–H and O–H groups in total. The first-order valence-electron chi connectivity index (χ1n) is 10.6. The fourth-order valence-electron chi connectivity index (χ4n) is 5.45. The molecule has 3 aliphatic rings. The predicted molar refractivity (Wildman–Crippen MR) is 119 cm³/mol. The fraction of sp³-hybridized carbons (Fsp3) is 0.192. The third-order valence-electron chi connectivity index (χ3n) is 6.90. The molecule has 0 spiro atoms. The molecule has 2 aliphatic carbocycles. The van der Waals surface area contributed by atoms with Gasteiger partial charge in [0.05, 0.1) is 17.5 Å². The number of anilines is 2. The van der Waals surface area contributed by atoms with Gasteiger partial charge in [-0.3, -0.25) is 19.3 Å². The van der Waals surface area contributed by atoms with E-state index in [0.29, 0.717) is 11.3 Å². The van der Waals surface area contributed by atoms with Crippen LogP contribution in [0.5, 0.6) is 0 Å². The molecule has 3 aromatic carbocycles. The zero-order chi connectivity index (χ0) is 21.1. The topological polar surface area (TPSA) is 66.5 Å². The number of allylic oxidation sites excluding steroid dienone is 2. The van der Waals surface area contributed by atoms with Crippen molar-refractivity contribution < 1.29 is 14.4 Å². The van der Waals surface area contributed by atoms with Crippen LogP contribution in [0.4, 0.5) is 11.4 Å². The molecule has 5 nitrogen and oxygen atoms in total. The lowest BCUT2D eigenvalue weighted by atomic mass is 9.85. The Bertz CT molecular complexity index is 1240. The minimum Gasteiger partial charge on any atom is -0.321 e. The summed E-state index contributed by atoms with van der Waals surface area (Å²) in [5.41, 5.74) is 1.75. The Hall–Kier alpha value is -3.73. The zero-order valence-corrected chi connectivity index (χ0v) is 16.7. The molecule has 1 aliphatic heterocycles. The highest BCUT2D eigenvalue weighted by Gasteiger charge is 2.59. The van der Waals surface area contributed by atoms with E-state index in [-0.39, 0.29) is 41.4 Å². The summed E-state index contributed by atoms with van der Waals surface area (Å²) >= 11 is 0. The van der Waals surface area contributed by atoms with Crippen LogP contribution in [0.2, 0.25) is 0 Å². The highest BCUT2D eigenvalue weighted by Crippen LogP contribution is 2.53. The Morgan fingerprint density at radius 2 is 1.45 bits per heavy atom. The molecule has 2 fully saturated rings. The molecule has 1 saturated carbocycles. The van der Waals surface area contributed by atoms with Crippen LogP contribution < -0.4 is 10.2 Å². The van der Waals surface area contributed by atoms with E-state index in [1.54, 1.807) is 24.3 Å². The normalized spacial score (nSPS) is 26.0. The second kappa shape index (κ2) is 6.64. The first kappa shape index (κ1) is 18.1. The lowest BCUT2D eigenvalue weighted by Crippen LogP contribution is -2.32. The third kappa shape index (κ3) is 2.66. The van der Waals surface area contributed by atoms with E-state index in [9.17, 15) is 14.4 Å². The summed E-state index contributed by atoms with van der Waals surface area (Å²) in [6, 6.07) is 20.3. The summed E-state index contributed by atoms with van der Waals surface area (Å²) < 4.78 is 0. The van der Waals surface area contributed by atoms with Gasteiger partial charge < -0.3 is 5.32 Å². The minimum atomic E-state index is -0.235. The van der Waals surface area contributed by atoms with Gasteiger partial charge in [0.2, 0.25) is 11.8 Å². The predicted octanol–water partition coefficient (Wildman–Crippen LogP) is 4.40. The van der Waals surface area contributed by atoms with Crippen LogP contribution in [0.3, 0.4) is 0 Å². The number of imide groups is 1. The summed E-state index contributed by atoms with van der Waals surface area (Å²) in [6.45, 7) is 0. The van der Waals surface area contributed by atoms with E-state index in [1.807, 2.05) is 42.5 Å². The summed E-state index contributed by atoms with van der Waals surface area (Å²) in [7, 11) is 0. The van der Waals surface area contributed by atoms with Crippen LogP contribution >= 0.6 is 0 Å². The van der Waals surface area contributed by atoms with Crippen LogP contribution in [0, 0.1) is 23.7 Å². The van der Waals surface area contributed by atoms with Crippen molar-refractivity contribution in [1.82, 2.24) is 0 Å². The number of nitrogens with zero attached hydrogens (tertiary/aromatic N) is 1. The van der Waals surface area contributed by atoms with Gasteiger partial charge in [-0.05, 0) is 54.0 Å². The van der Waals surface area contributed by atoms with Crippen molar-refractivity contribution in [3.63, 3.8) is 0 Å². The molecule has 31 heavy (non-hydrogen) atoms. The molecule has 152 valence electrons. The van der Waals surface area contributed by atoms with Gasteiger partial charge in [-0.1, -0.05) is 48.6 Å². The second-order valence-electron chi connectivity index (χ2n) is 8.54. The number of benzene rings is 3. The molecule has 0 aromatic heterocycles. The highest BCUT2D eigenvalue weighted by atomic mass is 16.2. The summed E-state index contributed by atoms with van der Waals surface area (Å²) in [4.78, 5) is 40.0. The van der Waals surface area contributed by atoms with E-state index in [4.69, 9.17) is 0 Å². The van der Waals surface area contributed by atoms with Gasteiger partial charge in [0.1, 0.15) is 0 Å². The van der Waals surface area contributed by atoms with Gasteiger partial charge in [-0.2, -0.15) is 0 Å². The molecule has 3 aromatic rings. The number of amides is 3. The minimum absolute atomic E-state index is 0.111. The van der Waals surface area contributed by atoms with E-state index in [0.717, 1.165) is 22.9 Å². The fourth-order valence-corrected chi connectivity index (χ4v) is 5.45. The van der Waals surface area contributed by atoms with Gasteiger partial charge in [0.25, 0.3) is 5.91 Å². The molecule has 1 saturated heterocycles. The van der Waals surface area contributed by atoms with Gasteiger partial charge in [-0.15, -0.1) is 0 Å². The van der Waals surface area contributed by atoms with E-state index < -0.39 is 0 Å². The number of nitrogens with one attached hydrogen (secondary N) is 1. The maximum absolute atomic E-state index is 13.0. The average molecular weight is 408 g/mol. The van der Waals surface area contributed by atoms with Crippen LogP contribution in [0.25, 0.3) is 10.8 Å². The number of carbonyl (C=O) groups excluding carboxylic acids is 3. The Morgan fingerprint density at radius 3 is 2.16 bits per heavy atom. The standard InChI is InChI=1S/C26H20N2O3/c29-24(27-21-7-3-5-15-4-1-2-6-20(15)21)16-10-12-19(13-11-16)28-25(30)22-17-8-9-18(14-17)23(22)26(28)31/h1-13,17-18,22-23H,14H2,(H,27,29)/t17-,18-,22+,23+/m0/s1. The molecule has 3 amide bonds. The van der Waals surface area contributed by atoms with Crippen molar-refractivity contribution in [3.05, 3.63) is 84.4 Å². The number of fused-ring (bicyclic) bond motifs is 6. The van der Waals surface area contributed by atoms with E-state index in [1.165, 1.54) is 4.90 Å². The van der Waals surface area contributed by atoms with Crippen LogP contribution in [0.1, 0.15) is 16.8 Å². The highest BCUT2D eigenvalue weighted by molar-refractivity contribution is 6.23. The molecule has 1 heterocycles. The van der Waals surface area contributed by atoms with Gasteiger partial charge in [0, 0.05) is 16.6 Å². The molecule has 0 radical (unpaired) electrons. The quantitative estimate of drug-likeness (QED) is 0.516. The van der Waals surface area contributed by atoms with Crippen LogP contribution in [-0.4, -0.2) is 17.7 Å². The Labute approximate surface area is 179 Å². The average Bonchev–Trinajstić information content (AvgIpc) is 3.48. The number of rotatable bonds is 3. The monoisotopic (exact) mass is 408 g/mol. The molecule has 2 bridgehead atoms. The number of carbonyl (C=O) groups is 3. The second-order valence-corrected chi connectivity index (χ2v) is 8.54. The summed E-state index contributed by atoms with van der Waals surface area (Å²) in [5.74, 6) is -0.543. The Kier molecular flexibility index (Phi) is 3.87. The van der Waals surface area contributed by atoms with Gasteiger partial charge >= 0.3 is 0 Å². The molecular weight excluding hydrogens is 388 g/mol. The summed E-state index contributed by atoms with van der Waals surface area (Å²) in [5, 5.41) is 4.99. The molecule has 6 rings (SSSR count). The first-order chi connectivity index (χ1) is 15.1. The van der Waals surface area contributed by atoms with Crippen LogP contribution in [-0.2, 0) is 9.59 Å². The molecule has 5 heteroatoms. The zero-order valence-electron chi connectivity index (χ0n) is 16.7. The van der Waals surface area contributed by atoms with Crippen LogP contribution in [0.15, 0.2) is 78.9 Å².